The Labute approximate surface area is 66.7 Å². The topological polar surface area (TPSA) is 29.1 Å². The summed E-state index contributed by atoms with van der Waals surface area (Å²) in [5.74, 6) is 1.11. The molecule has 0 unspecified atom stereocenters. The summed E-state index contributed by atoms with van der Waals surface area (Å²) < 4.78 is 2.60. The quantitative estimate of drug-likeness (QED) is 0.471. The number of carbonyl (C=O) groups excluding carboxylic acids is 1. The van der Waals surface area contributed by atoms with E-state index in [1.54, 1.807) is 0 Å². The van der Waals surface area contributed by atoms with Gasteiger partial charge in [-0.3, -0.25) is 4.79 Å². The van der Waals surface area contributed by atoms with Gasteiger partial charge in [-0.05, 0) is 11.9 Å². The third-order valence-electron chi connectivity index (χ3n) is 0.617. The Balaban J connectivity index is 0.000000360. The maximum absolute atomic E-state index is 10.1. The van der Waals surface area contributed by atoms with E-state index in [0.29, 0.717) is 6.42 Å². The van der Waals surface area contributed by atoms with Gasteiger partial charge in [0.15, 0.2) is 0 Å². The van der Waals surface area contributed by atoms with Crippen molar-refractivity contribution >= 4 is 45.2 Å². The van der Waals surface area contributed by atoms with Gasteiger partial charge < -0.3 is 4.72 Å². The predicted molar refractivity (Wildman–Crippen MR) is 33.8 cm³/mol. The van der Waals surface area contributed by atoms with Crippen molar-refractivity contribution in [2.24, 2.45) is 0 Å². The average molecular weight is 312 g/mol. The molecular formula is C3H7NOPbS. The summed E-state index contributed by atoms with van der Waals surface area (Å²) in [5.41, 5.74) is 0. The number of hydrogen-bond acceptors (Lipinski definition) is 2. The summed E-state index contributed by atoms with van der Waals surface area (Å²) in [6.45, 7) is 0. The van der Waals surface area contributed by atoms with Gasteiger partial charge in [-0.25, -0.2) is 0 Å². The van der Waals surface area contributed by atoms with Gasteiger partial charge in [0.1, 0.15) is 0 Å². The first-order valence-electron chi connectivity index (χ1n) is 1.80. The van der Waals surface area contributed by atoms with Crippen LogP contribution in [0.2, 0.25) is 0 Å². The molecule has 0 spiro atoms. The molecule has 0 bridgehead atoms. The van der Waals surface area contributed by atoms with Crippen LogP contribution in [0.15, 0.2) is 0 Å². The number of hydrogen-bond donors (Lipinski definition) is 1. The van der Waals surface area contributed by atoms with E-state index in [1.807, 2.05) is 0 Å². The van der Waals surface area contributed by atoms with E-state index in [0.717, 1.165) is 5.75 Å². The zero-order chi connectivity index (χ0) is 4.41. The fraction of sp³-hybridized carbons (Fsp3) is 0.667. The van der Waals surface area contributed by atoms with Crippen LogP contribution < -0.4 is 4.72 Å². The molecule has 40 valence electrons. The first-order chi connectivity index (χ1) is 2.89. The van der Waals surface area contributed by atoms with Gasteiger partial charge in [0, 0.05) is 12.2 Å². The van der Waals surface area contributed by atoms with Gasteiger partial charge in [-0.1, -0.05) is 0 Å². The van der Waals surface area contributed by atoms with Gasteiger partial charge in [0.2, 0.25) is 5.91 Å². The fourth-order valence-corrected chi connectivity index (χ4v) is 0.979. The van der Waals surface area contributed by atoms with E-state index in [4.69, 9.17) is 0 Å². The zero-order valence-corrected chi connectivity index (χ0v) is 10.3. The van der Waals surface area contributed by atoms with Crippen LogP contribution in [0.1, 0.15) is 6.42 Å². The van der Waals surface area contributed by atoms with Crippen molar-refractivity contribution in [1.29, 1.82) is 0 Å². The minimum atomic E-state index is 0. The molecule has 1 aliphatic heterocycles. The summed E-state index contributed by atoms with van der Waals surface area (Å²) in [6.07, 6.45) is 0.699. The molecule has 1 saturated heterocycles. The third-order valence-corrected chi connectivity index (χ3v) is 1.40. The van der Waals surface area contributed by atoms with Crippen LogP contribution in [0.4, 0.5) is 0 Å². The second-order valence-corrected chi connectivity index (χ2v) is 2.02. The summed E-state index contributed by atoms with van der Waals surface area (Å²) in [6, 6.07) is 0. The van der Waals surface area contributed by atoms with Crippen LogP contribution >= 0.6 is 11.9 Å². The van der Waals surface area contributed by atoms with Crippen molar-refractivity contribution in [2.45, 2.75) is 6.42 Å². The normalized spacial score (nSPS) is 18.0. The Morgan fingerprint density at radius 3 is 2.57 bits per heavy atom. The Hall–Kier alpha value is 0.742. The Morgan fingerprint density at radius 1 is 1.71 bits per heavy atom. The molecule has 2 radical (unpaired) electrons. The molecule has 1 amide bonds. The van der Waals surface area contributed by atoms with Gasteiger partial charge >= 0.3 is 27.3 Å². The molecule has 1 aliphatic rings. The summed E-state index contributed by atoms with van der Waals surface area (Å²) in [5, 5.41) is 0. The van der Waals surface area contributed by atoms with Crippen molar-refractivity contribution in [1.82, 2.24) is 4.72 Å². The van der Waals surface area contributed by atoms with Crippen LogP contribution in [0.25, 0.3) is 0 Å². The number of carbonyl (C=O) groups is 1. The average Bonchev–Trinajstić information content (AvgIpc) is 1.86. The Morgan fingerprint density at radius 2 is 2.43 bits per heavy atom. The van der Waals surface area contributed by atoms with E-state index in [9.17, 15) is 4.79 Å². The molecule has 2 nitrogen and oxygen atoms in total. The SMILES string of the molecule is O=C1CCSN1.[PbH2]. The predicted octanol–water partition coefficient (Wildman–Crippen LogP) is -0.762. The van der Waals surface area contributed by atoms with E-state index in [-0.39, 0.29) is 33.2 Å². The van der Waals surface area contributed by atoms with Gasteiger partial charge in [-0.2, -0.15) is 0 Å². The molecule has 0 atom stereocenters. The standard InChI is InChI=1S/C3H5NOS.Pb.2H/c5-3-1-2-6-4-3;;;/h1-2H2,(H,4,5);;;. The molecule has 0 aromatic rings. The summed E-state index contributed by atoms with van der Waals surface area (Å²) >= 11 is 1.48. The molecule has 1 rings (SSSR count). The zero-order valence-electron chi connectivity index (χ0n) is 3.94. The third kappa shape index (κ3) is 2.53. The molecule has 4 heteroatoms. The Kier molecular flexibility index (Phi) is 4.10. The first-order valence-corrected chi connectivity index (χ1v) is 2.79. The first kappa shape index (κ1) is 7.74. The van der Waals surface area contributed by atoms with Crippen molar-refractivity contribution in [3.05, 3.63) is 0 Å². The van der Waals surface area contributed by atoms with E-state index < -0.39 is 0 Å². The van der Waals surface area contributed by atoms with Crippen molar-refractivity contribution < 1.29 is 4.79 Å². The molecular weight excluding hydrogens is 305 g/mol. The van der Waals surface area contributed by atoms with Crippen LogP contribution in [0.5, 0.6) is 0 Å². The van der Waals surface area contributed by atoms with Crippen LogP contribution in [0, 0.1) is 0 Å². The van der Waals surface area contributed by atoms with Gasteiger partial charge in [0.25, 0.3) is 0 Å². The summed E-state index contributed by atoms with van der Waals surface area (Å²) in [4.78, 5) is 10.1. The van der Waals surface area contributed by atoms with Crippen LogP contribution in [0.3, 0.4) is 0 Å². The molecule has 7 heavy (non-hydrogen) atoms. The minimum absolute atomic E-state index is 0. The monoisotopic (exact) mass is 313 g/mol. The maximum atomic E-state index is 10.1. The van der Waals surface area contributed by atoms with Gasteiger partial charge in [0.05, 0.1) is 0 Å². The van der Waals surface area contributed by atoms with E-state index in [1.165, 1.54) is 11.9 Å². The summed E-state index contributed by atoms with van der Waals surface area (Å²) in [7, 11) is 0. The molecule has 1 heterocycles. The Bertz CT molecular complexity index is 69.3. The molecule has 0 saturated carbocycles. The van der Waals surface area contributed by atoms with E-state index in [2.05, 4.69) is 4.72 Å². The van der Waals surface area contributed by atoms with Crippen molar-refractivity contribution in [2.75, 3.05) is 5.75 Å². The molecule has 1 N–H and O–H groups in total. The van der Waals surface area contributed by atoms with Crippen LogP contribution in [-0.2, 0) is 4.79 Å². The van der Waals surface area contributed by atoms with Crippen LogP contribution in [-0.4, -0.2) is 39.0 Å². The van der Waals surface area contributed by atoms with Crippen molar-refractivity contribution in [3.8, 4) is 0 Å². The molecule has 1 fully saturated rings. The van der Waals surface area contributed by atoms with Gasteiger partial charge in [-0.15, -0.1) is 0 Å². The second-order valence-electron chi connectivity index (χ2n) is 1.12. The number of nitrogens with one attached hydrogen (secondary N) is 1. The number of amides is 1. The van der Waals surface area contributed by atoms with E-state index >= 15 is 0 Å². The molecule has 0 aromatic carbocycles. The fourth-order valence-electron chi connectivity index (χ4n) is 0.326. The van der Waals surface area contributed by atoms with Crippen molar-refractivity contribution in [3.63, 3.8) is 0 Å². The molecule has 0 aliphatic carbocycles. The number of rotatable bonds is 0. The second kappa shape index (κ2) is 3.71. The molecule has 0 aromatic heterocycles.